The van der Waals surface area contributed by atoms with E-state index >= 15 is 0 Å². The highest BCUT2D eigenvalue weighted by Gasteiger charge is 2.33. The lowest BCUT2D eigenvalue weighted by Crippen LogP contribution is -2.34. The number of hydrogen-bond donors (Lipinski definition) is 2. The summed E-state index contributed by atoms with van der Waals surface area (Å²) >= 11 is 0. The maximum absolute atomic E-state index is 6.25. The summed E-state index contributed by atoms with van der Waals surface area (Å²) in [5, 5.41) is 7.84. The van der Waals surface area contributed by atoms with Gasteiger partial charge in [0.2, 0.25) is 0 Å². The molecule has 128 valence electrons. The quantitative estimate of drug-likeness (QED) is 0.768. The van der Waals surface area contributed by atoms with Gasteiger partial charge in [0.15, 0.2) is 0 Å². The third-order valence-electron chi connectivity index (χ3n) is 4.59. The first kappa shape index (κ1) is 15.5. The fraction of sp³-hybridized carbons (Fsp3) is 0.263. The van der Waals surface area contributed by atoms with E-state index in [2.05, 4.69) is 58.4 Å². The molecule has 4 rings (SSSR count). The predicted molar refractivity (Wildman–Crippen MR) is 101 cm³/mol. The highest BCUT2D eigenvalue weighted by Crippen LogP contribution is 2.43. The molecule has 0 bridgehead atoms. The summed E-state index contributed by atoms with van der Waals surface area (Å²) in [6.45, 7) is 4.37. The molecular formula is C19H22N6. The molecule has 0 saturated carbocycles. The summed E-state index contributed by atoms with van der Waals surface area (Å²) in [7, 11) is 1.91. The number of hydrogen-bond acceptors (Lipinski definition) is 5. The van der Waals surface area contributed by atoms with Crippen LogP contribution < -0.4 is 16.0 Å². The van der Waals surface area contributed by atoms with Gasteiger partial charge in [0.05, 0.1) is 17.6 Å². The number of rotatable bonds is 3. The number of para-hydroxylation sites is 2. The van der Waals surface area contributed by atoms with E-state index in [1.807, 2.05) is 25.5 Å². The van der Waals surface area contributed by atoms with Gasteiger partial charge in [-0.2, -0.15) is 5.10 Å². The largest absolute Gasteiger partial charge is 0.383 e. The fourth-order valence-electron chi connectivity index (χ4n) is 3.42. The predicted octanol–water partition coefficient (Wildman–Crippen LogP) is 3.40. The van der Waals surface area contributed by atoms with Crippen molar-refractivity contribution in [3.63, 3.8) is 0 Å². The van der Waals surface area contributed by atoms with Gasteiger partial charge in [0.25, 0.3) is 0 Å². The van der Waals surface area contributed by atoms with Crippen LogP contribution in [-0.2, 0) is 7.05 Å². The molecule has 3 N–H and O–H groups in total. The number of fused-ring (bicyclic) bond motifs is 1. The Morgan fingerprint density at radius 2 is 1.96 bits per heavy atom. The average molecular weight is 334 g/mol. The van der Waals surface area contributed by atoms with Gasteiger partial charge in [-0.15, -0.1) is 0 Å². The van der Waals surface area contributed by atoms with Gasteiger partial charge in [0.1, 0.15) is 12.0 Å². The summed E-state index contributed by atoms with van der Waals surface area (Å²) in [5.41, 5.74) is 11.6. The fourth-order valence-corrected chi connectivity index (χ4v) is 3.42. The molecule has 1 aliphatic rings. The summed E-state index contributed by atoms with van der Waals surface area (Å²) in [5.74, 6) is 0.545. The van der Waals surface area contributed by atoms with Crippen molar-refractivity contribution in [2.45, 2.75) is 26.1 Å². The van der Waals surface area contributed by atoms with Crippen molar-refractivity contribution in [1.29, 1.82) is 0 Å². The first-order chi connectivity index (χ1) is 12.0. The highest BCUT2D eigenvalue weighted by atomic mass is 15.3. The maximum Gasteiger partial charge on any atom is 0.130 e. The van der Waals surface area contributed by atoms with Gasteiger partial charge in [-0.05, 0) is 32.0 Å². The topological polar surface area (TPSA) is 72.0 Å². The summed E-state index contributed by atoms with van der Waals surface area (Å²) in [6.07, 6.45) is 5.58. The summed E-state index contributed by atoms with van der Waals surface area (Å²) in [4.78, 5) is 6.78. The van der Waals surface area contributed by atoms with Gasteiger partial charge < -0.3 is 16.0 Å². The molecule has 0 fully saturated rings. The first-order valence-electron chi connectivity index (χ1n) is 8.43. The van der Waals surface area contributed by atoms with Gasteiger partial charge in [-0.1, -0.05) is 12.1 Å². The van der Waals surface area contributed by atoms with Crippen LogP contribution >= 0.6 is 0 Å². The Morgan fingerprint density at radius 3 is 2.68 bits per heavy atom. The molecule has 25 heavy (non-hydrogen) atoms. The molecule has 1 unspecified atom stereocenters. The highest BCUT2D eigenvalue weighted by molar-refractivity contribution is 5.78. The monoisotopic (exact) mass is 334 g/mol. The Labute approximate surface area is 147 Å². The lowest BCUT2D eigenvalue weighted by Gasteiger charge is -2.31. The normalized spacial score (nSPS) is 16.2. The molecule has 1 atom stereocenters. The van der Waals surface area contributed by atoms with Crippen molar-refractivity contribution in [3.05, 3.63) is 54.5 Å². The van der Waals surface area contributed by atoms with Crippen LogP contribution in [0.2, 0.25) is 0 Å². The Kier molecular flexibility index (Phi) is 3.60. The lowest BCUT2D eigenvalue weighted by atomic mass is 10.1. The SMILES string of the molecule is CC(C)N1c2ccccc2NC1c1cc(-c2cnn(C)c2)cnc1N. The standard InChI is InChI=1S/C19H22N6/c1-12(2)25-17-7-5-4-6-16(17)23-19(25)15-8-13(9-21-18(15)20)14-10-22-24(3)11-14/h4-12,19,23H,1-3H3,(H2,20,21). The smallest absolute Gasteiger partial charge is 0.130 e. The maximum atomic E-state index is 6.25. The van der Waals surface area contributed by atoms with Crippen LogP contribution in [0.15, 0.2) is 48.9 Å². The number of nitrogen functional groups attached to an aromatic ring is 1. The van der Waals surface area contributed by atoms with Crippen LogP contribution in [0.3, 0.4) is 0 Å². The van der Waals surface area contributed by atoms with Crippen LogP contribution in [0.1, 0.15) is 25.6 Å². The first-order valence-corrected chi connectivity index (χ1v) is 8.43. The zero-order chi connectivity index (χ0) is 17.6. The molecule has 1 aromatic carbocycles. The van der Waals surface area contributed by atoms with Crippen molar-refractivity contribution >= 4 is 17.2 Å². The van der Waals surface area contributed by atoms with Crippen LogP contribution in [0.4, 0.5) is 17.2 Å². The molecular weight excluding hydrogens is 312 g/mol. The summed E-state index contributed by atoms with van der Waals surface area (Å²) < 4.78 is 1.79. The van der Waals surface area contributed by atoms with Crippen LogP contribution in [0.5, 0.6) is 0 Å². The molecule has 6 nitrogen and oxygen atoms in total. The number of aryl methyl sites for hydroxylation is 1. The Bertz CT molecular complexity index is 914. The van der Waals surface area contributed by atoms with E-state index in [0.717, 1.165) is 22.4 Å². The van der Waals surface area contributed by atoms with Crippen molar-refractivity contribution in [3.8, 4) is 11.1 Å². The van der Waals surface area contributed by atoms with Gasteiger partial charge in [-0.25, -0.2) is 4.98 Å². The second kappa shape index (κ2) is 5.81. The molecule has 3 aromatic rings. The second-order valence-corrected chi connectivity index (χ2v) is 6.67. The number of nitrogens with zero attached hydrogens (tertiary/aromatic N) is 4. The summed E-state index contributed by atoms with van der Waals surface area (Å²) in [6, 6.07) is 10.8. The van der Waals surface area contributed by atoms with Crippen molar-refractivity contribution in [2.75, 3.05) is 16.0 Å². The number of nitrogens with one attached hydrogen (secondary N) is 1. The molecule has 0 aliphatic carbocycles. The molecule has 0 spiro atoms. The minimum Gasteiger partial charge on any atom is -0.383 e. The van der Waals surface area contributed by atoms with Crippen molar-refractivity contribution in [1.82, 2.24) is 14.8 Å². The number of nitrogens with two attached hydrogens (primary N) is 1. The van der Waals surface area contributed by atoms with E-state index in [-0.39, 0.29) is 6.17 Å². The molecule has 6 heteroatoms. The van der Waals surface area contributed by atoms with Crippen LogP contribution in [-0.4, -0.2) is 20.8 Å². The van der Waals surface area contributed by atoms with Gasteiger partial charge >= 0.3 is 0 Å². The molecule has 0 amide bonds. The zero-order valence-electron chi connectivity index (χ0n) is 14.6. The van der Waals surface area contributed by atoms with E-state index in [0.29, 0.717) is 11.9 Å². The minimum absolute atomic E-state index is 0.0403. The Morgan fingerprint density at radius 1 is 1.16 bits per heavy atom. The van der Waals surface area contributed by atoms with E-state index in [1.165, 1.54) is 5.69 Å². The minimum atomic E-state index is -0.0403. The third-order valence-corrected chi connectivity index (χ3v) is 4.59. The molecule has 2 aromatic heterocycles. The van der Waals surface area contributed by atoms with E-state index in [1.54, 1.807) is 10.9 Å². The second-order valence-electron chi connectivity index (χ2n) is 6.67. The number of pyridine rings is 1. The van der Waals surface area contributed by atoms with Crippen molar-refractivity contribution < 1.29 is 0 Å². The van der Waals surface area contributed by atoms with Gasteiger partial charge in [-0.3, -0.25) is 4.68 Å². The molecule has 0 radical (unpaired) electrons. The van der Waals surface area contributed by atoms with Crippen LogP contribution in [0, 0.1) is 0 Å². The third kappa shape index (κ3) is 2.59. The molecule has 0 saturated heterocycles. The van der Waals surface area contributed by atoms with Crippen molar-refractivity contribution in [2.24, 2.45) is 7.05 Å². The lowest BCUT2D eigenvalue weighted by molar-refractivity contribution is 0.629. The molecule has 3 heterocycles. The average Bonchev–Trinajstić information content (AvgIpc) is 3.18. The number of aromatic nitrogens is 3. The Balaban J connectivity index is 1.79. The van der Waals surface area contributed by atoms with E-state index < -0.39 is 0 Å². The van der Waals surface area contributed by atoms with Gasteiger partial charge in [0, 0.05) is 42.2 Å². The van der Waals surface area contributed by atoms with Crippen LogP contribution in [0.25, 0.3) is 11.1 Å². The number of anilines is 3. The van der Waals surface area contributed by atoms with E-state index in [9.17, 15) is 0 Å². The zero-order valence-corrected chi connectivity index (χ0v) is 14.6. The molecule has 1 aliphatic heterocycles. The number of benzene rings is 1. The van der Waals surface area contributed by atoms with E-state index in [4.69, 9.17) is 5.73 Å². The Hall–Kier alpha value is -3.02.